The lowest BCUT2D eigenvalue weighted by atomic mass is 9.95. The second-order valence-electron chi connectivity index (χ2n) is 4.93. The van der Waals surface area contributed by atoms with Crippen LogP contribution in [0.2, 0.25) is 5.28 Å². The van der Waals surface area contributed by atoms with E-state index in [9.17, 15) is 0 Å². The molecule has 0 bridgehead atoms. The molecule has 1 aliphatic rings. The standard InChI is InChI=1S/C12H16ClN7S/c1-21-9-4-2-3-8(5-9)16-11-17-10(13)18-12(19-11)20-7-14-6-15-20/h6-9H,2-5H2,1H3,(H,16,17,18,19). The van der Waals surface area contributed by atoms with Crippen LogP contribution in [-0.4, -0.2) is 47.3 Å². The van der Waals surface area contributed by atoms with E-state index in [1.165, 1.54) is 30.2 Å². The van der Waals surface area contributed by atoms with Crippen LogP contribution in [0, 0.1) is 0 Å². The van der Waals surface area contributed by atoms with Crippen molar-refractivity contribution in [3.63, 3.8) is 0 Å². The molecule has 112 valence electrons. The molecule has 2 aromatic heterocycles. The zero-order chi connectivity index (χ0) is 14.7. The number of hydrogen-bond acceptors (Lipinski definition) is 7. The fraction of sp³-hybridized carbons (Fsp3) is 0.583. The summed E-state index contributed by atoms with van der Waals surface area (Å²) in [4.78, 5) is 16.4. The van der Waals surface area contributed by atoms with Crippen molar-refractivity contribution >= 4 is 29.3 Å². The molecule has 3 rings (SSSR count). The Morgan fingerprint density at radius 1 is 1.33 bits per heavy atom. The second-order valence-corrected chi connectivity index (χ2v) is 6.41. The van der Waals surface area contributed by atoms with Crippen molar-refractivity contribution in [2.75, 3.05) is 11.6 Å². The van der Waals surface area contributed by atoms with Crippen molar-refractivity contribution in [3.05, 3.63) is 17.9 Å². The lowest BCUT2D eigenvalue weighted by Crippen LogP contribution is -2.29. The van der Waals surface area contributed by atoms with Crippen LogP contribution in [0.25, 0.3) is 5.95 Å². The second kappa shape index (κ2) is 6.57. The van der Waals surface area contributed by atoms with Gasteiger partial charge in [0.25, 0.3) is 5.95 Å². The van der Waals surface area contributed by atoms with Crippen LogP contribution in [0.15, 0.2) is 12.7 Å². The zero-order valence-electron chi connectivity index (χ0n) is 11.6. The molecule has 1 N–H and O–H groups in total. The first-order valence-electron chi connectivity index (χ1n) is 6.80. The highest BCUT2D eigenvalue weighted by molar-refractivity contribution is 7.99. The van der Waals surface area contributed by atoms with Crippen molar-refractivity contribution < 1.29 is 0 Å². The van der Waals surface area contributed by atoms with Gasteiger partial charge in [0.1, 0.15) is 12.7 Å². The molecule has 1 saturated carbocycles. The quantitative estimate of drug-likeness (QED) is 0.922. The number of anilines is 1. The normalized spacial score (nSPS) is 22.2. The van der Waals surface area contributed by atoms with Gasteiger partial charge in [0.15, 0.2) is 0 Å². The topological polar surface area (TPSA) is 81.4 Å². The van der Waals surface area contributed by atoms with Crippen LogP contribution in [0.1, 0.15) is 25.7 Å². The Kier molecular flexibility index (Phi) is 4.54. The van der Waals surface area contributed by atoms with Crippen LogP contribution in [0.5, 0.6) is 0 Å². The molecule has 0 spiro atoms. The summed E-state index contributed by atoms with van der Waals surface area (Å²) >= 11 is 7.90. The number of thioether (sulfide) groups is 1. The summed E-state index contributed by atoms with van der Waals surface area (Å²) in [6.45, 7) is 0. The Hall–Kier alpha value is -1.41. The Bertz CT molecular complexity index is 591. The van der Waals surface area contributed by atoms with Crippen LogP contribution in [0.3, 0.4) is 0 Å². The maximum atomic E-state index is 5.97. The highest BCUT2D eigenvalue weighted by Crippen LogP contribution is 2.28. The Balaban J connectivity index is 1.76. The first-order valence-corrected chi connectivity index (χ1v) is 8.47. The SMILES string of the molecule is CSC1CCCC(Nc2nc(Cl)nc(-n3cncn3)n2)C1. The molecule has 2 aromatic rings. The van der Waals surface area contributed by atoms with Crippen molar-refractivity contribution in [2.24, 2.45) is 0 Å². The number of rotatable bonds is 4. The molecule has 7 nitrogen and oxygen atoms in total. The summed E-state index contributed by atoms with van der Waals surface area (Å²) in [6, 6.07) is 0.373. The number of hydrogen-bond donors (Lipinski definition) is 1. The third-order valence-corrected chi connectivity index (χ3v) is 4.78. The molecule has 2 heterocycles. The molecule has 9 heteroatoms. The summed E-state index contributed by atoms with van der Waals surface area (Å²) in [7, 11) is 0. The number of nitrogens with one attached hydrogen (secondary N) is 1. The Labute approximate surface area is 131 Å². The van der Waals surface area contributed by atoms with Crippen LogP contribution >= 0.6 is 23.4 Å². The lowest BCUT2D eigenvalue weighted by molar-refractivity contribution is 0.471. The molecule has 1 fully saturated rings. The van der Waals surface area contributed by atoms with Gasteiger partial charge >= 0.3 is 0 Å². The van der Waals surface area contributed by atoms with Crippen LogP contribution in [0.4, 0.5) is 5.95 Å². The molecule has 0 amide bonds. The van der Waals surface area contributed by atoms with E-state index in [0.29, 0.717) is 23.2 Å². The smallest absolute Gasteiger partial charge is 0.258 e. The van der Waals surface area contributed by atoms with Crippen LogP contribution in [-0.2, 0) is 0 Å². The summed E-state index contributed by atoms with van der Waals surface area (Å²) in [5.74, 6) is 0.861. The summed E-state index contributed by atoms with van der Waals surface area (Å²) in [5, 5.41) is 8.22. The Morgan fingerprint density at radius 2 is 2.24 bits per heavy atom. The minimum Gasteiger partial charge on any atom is -0.351 e. The van der Waals surface area contributed by atoms with Gasteiger partial charge in [0.05, 0.1) is 0 Å². The third kappa shape index (κ3) is 3.62. The minimum atomic E-state index is 0.148. The van der Waals surface area contributed by atoms with Gasteiger partial charge in [0.2, 0.25) is 11.2 Å². The van der Waals surface area contributed by atoms with Crippen molar-refractivity contribution in [3.8, 4) is 5.95 Å². The van der Waals surface area contributed by atoms with Gasteiger partial charge in [-0.15, -0.1) is 0 Å². The predicted molar refractivity (Wildman–Crippen MR) is 82.9 cm³/mol. The number of nitrogens with zero attached hydrogens (tertiary/aromatic N) is 6. The van der Waals surface area contributed by atoms with Gasteiger partial charge in [-0.25, -0.2) is 4.98 Å². The maximum absolute atomic E-state index is 5.97. The molecular formula is C12H16ClN7S. The summed E-state index contributed by atoms with van der Waals surface area (Å²) < 4.78 is 1.46. The number of halogens is 1. The molecule has 2 unspecified atom stereocenters. The molecule has 1 aliphatic carbocycles. The molecule has 21 heavy (non-hydrogen) atoms. The van der Waals surface area contributed by atoms with Crippen LogP contribution < -0.4 is 5.32 Å². The van der Waals surface area contributed by atoms with E-state index >= 15 is 0 Å². The first-order chi connectivity index (χ1) is 10.2. The average molecular weight is 326 g/mol. The average Bonchev–Trinajstić information content (AvgIpc) is 3.01. The monoisotopic (exact) mass is 325 g/mol. The lowest BCUT2D eigenvalue weighted by Gasteiger charge is -2.28. The van der Waals surface area contributed by atoms with E-state index < -0.39 is 0 Å². The first kappa shape index (κ1) is 14.5. The Morgan fingerprint density at radius 3 is 3.00 bits per heavy atom. The molecular weight excluding hydrogens is 310 g/mol. The van der Waals surface area contributed by atoms with Crippen molar-refractivity contribution in [2.45, 2.75) is 37.0 Å². The third-order valence-electron chi connectivity index (χ3n) is 3.51. The maximum Gasteiger partial charge on any atom is 0.258 e. The molecule has 2 atom stereocenters. The number of aromatic nitrogens is 6. The largest absolute Gasteiger partial charge is 0.351 e. The van der Waals surface area contributed by atoms with E-state index in [1.807, 2.05) is 11.8 Å². The van der Waals surface area contributed by atoms with Gasteiger partial charge in [-0.05, 0) is 37.1 Å². The van der Waals surface area contributed by atoms with Crippen molar-refractivity contribution in [1.29, 1.82) is 0 Å². The molecule has 0 saturated heterocycles. The molecule has 0 aliphatic heterocycles. The van der Waals surface area contributed by atoms with Gasteiger partial charge in [-0.3, -0.25) is 0 Å². The van der Waals surface area contributed by atoms with Gasteiger partial charge in [-0.1, -0.05) is 6.42 Å². The van der Waals surface area contributed by atoms with Gasteiger partial charge in [-0.2, -0.15) is 36.5 Å². The van der Waals surface area contributed by atoms with Gasteiger partial charge in [0, 0.05) is 11.3 Å². The van der Waals surface area contributed by atoms with E-state index in [4.69, 9.17) is 11.6 Å². The molecule has 0 radical (unpaired) electrons. The van der Waals surface area contributed by atoms with E-state index in [-0.39, 0.29) is 5.28 Å². The summed E-state index contributed by atoms with van der Waals surface area (Å²) in [5.41, 5.74) is 0. The fourth-order valence-corrected chi connectivity index (χ4v) is 3.47. The highest BCUT2D eigenvalue weighted by atomic mass is 35.5. The predicted octanol–water partition coefficient (Wildman–Crippen LogP) is 2.19. The van der Waals surface area contributed by atoms with E-state index in [1.54, 1.807) is 0 Å². The van der Waals surface area contributed by atoms with E-state index in [2.05, 4.69) is 36.6 Å². The summed E-state index contributed by atoms with van der Waals surface area (Å²) in [6.07, 6.45) is 9.85. The highest BCUT2D eigenvalue weighted by Gasteiger charge is 2.22. The zero-order valence-corrected chi connectivity index (χ0v) is 13.2. The molecule has 0 aromatic carbocycles. The fourth-order valence-electron chi connectivity index (χ4n) is 2.49. The van der Waals surface area contributed by atoms with Crippen molar-refractivity contribution in [1.82, 2.24) is 29.7 Å². The minimum absolute atomic E-state index is 0.148. The van der Waals surface area contributed by atoms with E-state index in [0.717, 1.165) is 12.8 Å². The van der Waals surface area contributed by atoms with Gasteiger partial charge < -0.3 is 5.32 Å².